The van der Waals surface area contributed by atoms with Crippen LogP contribution in [0.5, 0.6) is 0 Å². The molecule has 0 saturated carbocycles. The molecule has 0 aliphatic heterocycles. The van der Waals surface area contributed by atoms with Gasteiger partial charge in [0.2, 0.25) is 0 Å². The van der Waals surface area contributed by atoms with Crippen LogP contribution in [0.4, 0.5) is 5.69 Å². The van der Waals surface area contributed by atoms with Crippen LogP contribution in [0.1, 0.15) is 29.2 Å². The molecule has 1 atom stereocenters. The Bertz CT molecular complexity index is 390. The highest BCUT2D eigenvalue weighted by Crippen LogP contribution is 2.34. The molecule has 0 unspecified atom stereocenters. The molecule has 1 aliphatic carbocycles. The van der Waals surface area contributed by atoms with Crippen LogP contribution in [0.15, 0.2) is 12.1 Å². The fraction of sp³-hybridized carbons (Fsp3) is 0.300. The molecule has 13 heavy (non-hydrogen) atoms. The van der Waals surface area contributed by atoms with E-state index in [1.165, 1.54) is 5.56 Å². The van der Waals surface area contributed by atoms with Gasteiger partial charge in [0.15, 0.2) is 0 Å². The van der Waals surface area contributed by atoms with Gasteiger partial charge < -0.3 is 11.5 Å². The second-order valence-electron chi connectivity index (χ2n) is 3.36. The van der Waals surface area contributed by atoms with Gasteiger partial charge in [0.25, 0.3) is 0 Å². The molecule has 3 nitrogen and oxygen atoms in total. The molecular formula is C10H11N3. The van der Waals surface area contributed by atoms with Crippen LogP contribution in [0.25, 0.3) is 0 Å². The zero-order chi connectivity index (χ0) is 9.42. The minimum absolute atomic E-state index is 0.00634. The molecule has 1 aliphatic rings. The van der Waals surface area contributed by atoms with Crippen molar-refractivity contribution >= 4 is 5.69 Å². The number of hydrogen-bond acceptors (Lipinski definition) is 3. The third-order valence-electron chi connectivity index (χ3n) is 2.58. The van der Waals surface area contributed by atoms with Gasteiger partial charge in [-0.3, -0.25) is 0 Å². The van der Waals surface area contributed by atoms with Crippen molar-refractivity contribution in [3.63, 3.8) is 0 Å². The fourth-order valence-corrected chi connectivity index (χ4v) is 1.90. The molecule has 0 saturated heterocycles. The summed E-state index contributed by atoms with van der Waals surface area (Å²) in [6, 6.07) is 5.87. The van der Waals surface area contributed by atoms with Gasteiger partial charge >= 0.3 is 0 Å². The van der Waals surface area contributed by atoms with E-state index in [1.807, 2.05) is 6.07 Å². The SMILES string of the molecule is N#Cc1c(N)ccc2c1[C@@H](N)CC2. The number of anilines is 1. The molecule has 0 aromatic heterocycles. The smallest absolute Gasteiger partial charge is 0.102 e. The van der Waals surface area contributed by atoms with E-state index < -0.39 is 0 Å². The number of aryl methyl sites for hydroxylation is 1. The molecule has 1 aromatic carbocycles. The molecule has 4 N–H and O–H groups in total. The average Bonchev–Trinajstić information content (AvgIpc) is 2.49. The monoisotopic (exact) mass is 173 g/mol. The Morgan fingerprint density at radius 2 is 2.23 bits per heavy atom. The van der Waals surface area contributed by atoms with Crippen molar-refractivity contribution in [2.24, 2.45) is 5.73 Å². The minimum atomic E-state index is -0.00634. The number of nitrogens with zero attached hydrogens (tertiary/aromatic N) is 1. The maximum atomic E-state index is 8.91. The molecule has 0 amide bonds. The van der Waals surface area contributed by atoms with E-state index in [4.69, 9.17) is 16.7 Å². The summed E-state index contributed by atoms with van der Waals surface area (Å²) >= 11 is 0. The normalized spacial score (nSPS) is 19.5. The van der Waals surface area contributed by atoms with Crippen LogP contribution in [0, 0.1) is 11.3 Å². The van der Waals surface area contributed by atoms with E-state index in [1.54, 1.807) is 6.07 Å². The minimum Gasteiger partial charge on any atom is -0.398 e. The summed E-state index contributed by atoms with van der Waals surface area (Å²) in [5.41, 5.74) is 14.8. The van der Waals surface area contributed by atoms with Gasteiger partial charge in [-0.1, -0.05) is 6.07 Å². The highest BCUT2D eigenvalue weighted by atomic mass is 14.7. The quantitative estimate of drug-likeness (QED) is 0.576. The summed E-state index contributed by atoms with van der Waals surface area (Å²) in [4.78, 5) is 0. The van der Waals surface area contributed by atoms with Crippen molar-refractivity contribution < 1.29 is 0 Å². The largest absolute Gasteiger partial charge is 0.398 e. The third-order valence-corrected chi connectivity index (χ3v) is 2.58. The molecule has 0 heterocycles. The Kier molecular flexibility index (Phi) is 1.71. The first-order valence-corrected chi connectivity index (χ1v) is 4.31. The summed E-state index contributed by atoms with van der Waals surface area (Å²) < 4.78 is 0. The molecule has 66 valence electrons. The lowest BCUT2D eigenvalue weighted by Gasteiger charge is -2.08. The first-order valence-electron chi connectivity index (χ1n) is 4.31. The summed E-state index contributed by atoms with van der Waals surface area (Å²) in [6.07, 6.45) is 1.89. The van der Waals surface area contributed by atoms with Crippen LogP contribution in [-0.4, -0.2) is 0 Å². The van der Waals surface area contributed by atoms with Crippen molar-refractivity contribution in [2.75, 3.05) is 5.73 Å². The summed E-state index contributed by atoms with van der Waals surface area (Å²) in [6.45, 7) is 0. The van der Waals surface area contributed by atoms with Gasteiger partial charge in [0.05, 0.1) is 5.56 Å². The van der Waals surface area contributed by atoms with Gasteiger partial charge in [-0.25, -0.2) is 0 Å². The topological polar surface area (TPSA) is 75.8 Å². The van der Waals surface area contributed by atoms with Crippen LogP contribution in [0.2, 0.25) is 0 Å². The number of fused-ring (bicyclic) bond motifs is 1. The number of nitriles is 1. The molecule has 0 bridgehead atoms. The number of nitrogens with two attached hydrogens (primary N) is 2. The van der Waals surface area contributed by atoms with Crippen LogP contribution in [-0.2, 0) is 6.42 Å². The number of nitrogen functional groups attached to an aromatic ring is 1. The van der Waals surface area contributed by atoms with Gasteiger partial charge in [0, 0.05) is 11.7 Å². The first-order chi connectivity index (χ1) is 6.24. The highest BCUT2D eigenvalue weighted by molar-refractivity contribution is 5.62. The van der Waals surface area contributed by atoms with Crippen molar-refractivity contribution in [1.82, 2.24) is 0 Å². The van der Waals surface area contributed by atoms with Crippen LogP contribution >= 0.6 is 0 Å². The van der Waals surface area contributed by atoms with Crippen LogP contribution in [0.3, 0.4) is 0 Å². The van der Waals surface area contributed by atoms with Gasteiger partial charge in [-0.05, 0) is 30.0 Å². The first kappa shape index (κ1) is 8.09. The molecule has 1 aromatic rings. The van der Waals surface area contributed by atoms with Crippen molar-refractivity contribution in [2.45, 2.75) is 18.9 Å². The highest BCUT2D eigenvalue weighted by Gasteiger charge is 2.23. The standard InChI is InChI=1S/C10H11N3/c11-5-7-8(12)3-1-6-2-4-9(13)10(6)7/h1,3,9H,2,4,12-13H2/t9-/m0/s1. The summed E-state index contributed by atoms with van der Waals surface area (Å²) in [5, 5.41) is 8.91. The lowest BCUT2D eigenvalue weighted by atomic mass is 10.0. The van der Waals surface area contributed by atoms with Crippen molar-refractivity contribution in [1.29, 1.82) is 5.26 Å². The summed E-state index contributed by atoms with van der Waals surface area (Å²) in [5.74, 6) is 0. The maximum absolute atomic E-state index is 8.91. The Balaban J connectivity index is 2.69. The lowest BCUT2D eigenvalue weighted by Crippen LogP contribution is -2.08. The molecule has 0 spiro atoms. The Morgan fingerprint density at radius 1 is 1.46 bits per heavy atom. The van der Waals surface area contributed by atoms with E-state index >= 15 is 0 Å². The van der Waals surface area contributed by atoms with Crippen molar-refractivity contribution in [3.8, 4) is 6.07 Å². The summed E-state index contributed by atoms with van der Waals surface area (Å²) in [7, 11) is 0. The van der Waals surface area contributed by atoms with Gasteiger partial charge in [0.1, 0.15) is 6.07 Å². The predicted octanol–water partition coefficient (Wildman–Crippen LogP) is 1.09. The van der Waals surface area contributed by atoms with Gasteiger partial charge in [-0.15, -0.1) is 0 Å². The number of hydrogen-bond donors (Lipinski definition) is 2. The molecule has 2 rings (SSSR count). The van der Waals surface area contributed by atoms with E-state index in [9.17, 15) is 0 Å². The molecular weight excluding hydrogens is 162 g/mol. The number of rotatable bonds is 0. The lowest BCUT2D eigenvalue weighted by molar-refractivity contribution is 0.712. The molecule has 3 heteroatoms. The molecule has 0 fully saturated rings. The second kappa shape index (κ2) is 2.75. The fourth-order valence-electron chi connectivity index (χ4n) is 1.90. The zero-order valence-corrected chi connectivity index (χ0v) is 7.25. The third kappa shape index (κ3) is 1.07. The van der Waals surface area contributed by atoms with E-state index in [-0.39, 0.29) is 6.04 Å². The average molecular weight is 173 g/mol. The molecule has 0 radical (unpaired) electrons. The van der Waals surface area contributed by atoms with Gasteiger partial charge in [-0.2, -0.15) is 5.26 Å². The van der Waals surface area contributed by atoms with E-state index in [0.717, 1.165) is 18.4 Å². The van der Waals surface area contributed by atoms with E-state index in [0.29, 0.717) is 11.3 Å². The van der Waals surface area contributed by atoms with E-state index in [2.05, 4.69) is 6.07 Å². The maximum Gasteiger partial charge on any atom is 0.102 e. The second-order valence-corrected chi connectivity index (χ2v) is 3.36. The zero-order valence-electron chi connectivity index (χ0n) is 7.25. The number of benzene rings is 1. The van der Waals surface area contributed by atoms with Crippen LogP contribution < -0.4 is 11.5 Å². The Labute approximate surface area is 77.0 Å². The Morgan fingerprint density at radius 3 is 2.92 bits per heavy atom. The predicted molar refractivity (Wildman–Crippen MR) is 50.8 cm³/mol. The van der Waals surface area contributed by atoms with Crippen molar-refractivity contribution in [3.05, 3.63) is 28.8 Å². The Hall–Kier alpha value is -1.53.